The molecule has 1 fully saturated rings. The Morgan fingerprint density at radius 2 is 1.75 bits per heavy atom. The van der Waals surface area contributed by atoms with Crippen molar-refractivity contribution in [3.8, 4) is 0 Å². The Balaban J connectivity index is 2.65. The van der Waals surface area contributed by atoms with E-state index in [0.29, 0.717) is 0 Å². The van der Waals surface area contributed by atoms with Crippen molar-refractivity contribution in [3.05, 3.63) is 0 Å². The van der Waals surface area contributed by atoms with Gasteiger partial charge in [-0.25, -0.2) is 0 Å². The molecule has 0 aromatic heterocycles. The summed E-state index contributed by atoms with van der Waals surface area (Å²) in [7, 11) is 1.66. The van der Waals surface area contributed by atoms with Gasteiger partial charge in [0.25, 0.3) is 0 Å². The number of aliphatic hydroxyl groups excluding tert-OH is 3. The van der Waals surface area contributed by atoms with E-state index in [1.54, 1.807) is 14.0 Å². The Kier molecular flexibility index (Phi) is 3.03. The first-order valence-corrected chi connectivity index (χ1v) is 3.95. The second kappa shape index (κ2) is 3.68. The van der Waals surface area contributed by atoms with Gasteiger partial charge < -0.3 is 25.4 Å². The molecule has 0 aliphatic carbocycles. The summed E-state index contributed by atoms with van der Waals surface area (Å²) in [6, 6.07) is -0.344. The lowest BCUT2D eigenvalue weighted by Crippen LogP contribution is -2.60. The molecule has 1 rings (SSSR count). The zero-order chi connectivity index (χ0) is 9.30. The van der Waals surface area contributed by atoms with E-state index in [2.05, 4.69) is 5.32 Å². The smallest absolute Gasteiger partial charge is 0.183 e. The van der Waals surface area contributed by atoms with Gasteiger partial charge in [-0.2, -0.15) is 0 Å². The number of likely N-dealkylation sites (N-methyl/N-ethyl adjacent to an activating group) is 1. The molecule has 0 aromatic carbocycles. The SMILES string of the molecule is CNC1C(C)OC(O)C(O)C1O. The Labute approximate surface area is 71.0 Å². The Bertz CT molecular complexity index is 154. The largest absolute Gasteiger partial charge is 0.388 e. The number of hydrogen-bond acceptors (Lipinski definition) is 5. The molecule has 5 nitrogen and oxygen atoms in total. The minimum atomic E-state index is -1.29. The Morgan fingerprint density at radius 3 is 2.25 bits per heavy atom. The highest BCUT2D eigenvalue weighted by atomic mass is 16.6. The molecule has 0 radical (unpaired) electrons. The summed E-state index contributed by atoms with van der Waals surface area (Å²) in [5, 5.41) is 30.5. The first-order valence-electron chi connectivity index (χ1n) is 3.95. The first-order chi connectivity index (χ1) is 5.57. The van der Waals surface area contributed by atoms with Gasteiger partial charge in [-0.05, 0) is 14.0 Å². The maximum atomic E-state index is 9.43. The Hall–Kier alpha value is -0.200. The first kappa shape index (κ1) is 9.88. The molecular weight excluding hydrogens is 162 g/mol. The van der Waals surface area contributed by atoms with E-state index in [-0.39, 0.29) is 12.1 Å². The minimum Gasteiger partial charge on any atom is -0.388 e. The molecule has 0 amide bonds. The van der Waals surface area contributed by atoms with Crippen LogP contribution in [0.2, 0.25) is 0 Å². The van der Waals surface area contributed by atoms with Crippen LogP contribution in [0.1, 0.15) is 6.92 Å². The van der Waals surface area contributed by atoms with Gasteiger partial charge in [0, 0.05) is 0 Å². The molecule has 1 aliphatic heterocycles. The summed E-state index contributed by atoms with van der Waals surface area (Å²) < 4.78 is 4.96. The molecule has 72 valence electrons. The van der Waals surface area contributed by atoms with Gasteiger partial charge in [0.15, 0.2) is 6.29 Å². The van der Waals surface area contributed by atoms with Gasteiger partial charge in [0.05, 0.1) is 12.1 Å². The summed E-state index contributed by atoms with van der Waals surface area (Å²) in [4.78, 5) is 0. The molecule has 0 aromatic rings. The lowest BCUT2D eigenvalue weighted by atomic mass is 9.97. The van der Waals surface area contributed by atoms with Crippen molar-refractivity contribution >= 4 is 0 Å². The van der Waals surface area contributed by atoms with E-state index in [4.69, 9.17) is 9.84 Å². The van der Waals surface area contributed by atoms with Gasteiger partial charge >= 0.3 is 0 Å². The van der Waals surface area contributed by atoms with Crippen LogP contribution in [0.25, 0.3) is 0 Å². The summed E-state index contributed by atoms with van der Waals surface area (Å²) in [5.41, 5.74) is 0. The highest BCUT2D eigenvalue weighted by molar-refractivity contribution is 4.90. The average molecular weight is 177 g/mol. The molecule has 0 bridgehead atoms. The normalized spacial score (nSPS) is 49.2. The van der Waals surface area contributed by atoms with Crippen LogP contribution in [0.5, 0.6) is 0 Å². The van der Waals surface area contributed by atoms with Crippen LogP contribution >= 0.6 is 0 Å². The third-order valence-electron chi connectivity index (χ3n) is 2.20. The molecule has 0 spiro atoms. The van der Waals surface area contributed by atoms with Gasteiger partial charge in [-0.1, -0.05) is 0 Å². The molecule has 5 atom stereocenters. The lowest BCUT2D eigenvalue weighted by molar-refractivity contribution is -0.252. The number of ether oxygens (including phenoxy) is 1. The van der Waals surface area contributed by atoms with Gasteiger partial charge in [-0.3, -0.25) is 0 Å². The summed E-state index contributed by atoms with van der Waals surface area (Å²) in [6.45, 7) is 1.72. The van der Waals surface area contributed by atoms with Crippen LogP contribution in [0.15, 0.2) is 0 Å². The van der Waals surface area contributed by atoms with E-state index in [0.717, 1.165) is 0 Å². The summed E-state index contributed by atoms with van der Waals surface area (Å²) in [5.74, 6) is 0. The molecule has 12 heavy (non-hydrogen) atoms. The van der Waals surface area contributed by atoms with E-state index in [1.165, 1.54) is 0 Å². The van der Waals surface area contributed by atoms with E-state index in [1.807, 2.05) is 0 Å². The maximum Gasteiger partial charge on any atom is 0.183 e. The fourth-order valence-electron chi connectivity index (χ4n) is 1.45. The van der Waals surface area contributed by atoms with Crippen molar-refractivity contribution in [3.63, 3.8) is 0 Å². The molecule has 0 saturated carbocycles. The zero-order valence-corrected chi connectivity index (χ0v) is 7.14. The molecule has 5 unspecified atom stereocenters. The topological polar surface area (TPSA) is 82.0 Å². The fourth-order valence-corrected chi connectivity index (χ4v) is 1.45. The monoisotopic (exact) mass is 177 g/mol. The maximum absolute atomic E-state index is 9.43. The van der Waals surface area contributed by atoms with Gasteiger partial charge in [0.2, 0.25) is 0 Å². The zero-order valence-electron chi connectivity index (χ0n) is 7.14. The van der Waals surface area contributed by atoms with Crippen LogP contribution in [0, 0.1) is 0 Å². The van der Waals surface area contributed by atoms with E-state index in [9.17, 15) is 10.2 Å². The molecular formula is C7H15NO4. The van der Waals surface area contributed by atoms with Crippen LogP contribution < -0.4 is 5.32 Å². The number of aliphatic hydroxyl groups is 3. The second-order valence-corrected chi connectivity index (χ2v) is 3.03. The average Bonchev–Trinajstić information content (AvgIpc) is 2.01. The summed E-state index contributed by atoms with van der Waals surface area (Å²) >= 11 is 0. The highest BCUT2D eigenvalue weighted by Crippen LogP contribution is 2.18. The van der Waals surface area contributed by atoms with Gasteiger partial charge in [0.1, 0.15) is 12.2 Å². The predicted molar refractivity (Wildman–Crippen MR) is 41.4 cm³/mol. The highest BCUT2D eigenvalue weighted by Gasteiger charge is 2.40. The predicted octanol–water partition coefficient (Wildman–Crippen LogP) is -1.97. The van der Waals surface area contributed by atoms with Crippen LogP contribution in [0.4, 0.5) is 0 Å². The standard InChI is InChI=1S/C7H15NO4/c1-3-4(8-2)5(9)6(10)7(11)12-3/h3-11H,1-2H3. The van der Waals surface area contributed by atoms with Gasteiger partial charge in [-0.15, -0.1) is 0 Å². The van der Waals surface area contributed by atoms with Crippen molar-refractivity contribution < 1.29 is 20.1 Å². The number of hydrogen-bond donors (Lipinski definition) is 4. The third kappa shape index (κ3) is 1.60. The van der Waals surface area contributed by atoms with Crippen LogP contribution in [0.3, 0.4) is 0 Å². The van der Waals surface area contributed by atoms with Crippen LogP contribution in [-0.2, 0) is 4.74 Å². The quantitative estimate of drug-likeness (QED) is 0.373. The van der Waals surface area contributed by atoms with Crippen molar-refractivity contribution in [2.45, 2.75) is 37.6 Å². The summed E-state index contributed by atoms with van der Waals surface area (Å²) in [6.07, 6.45) is -3.84. The molecule has 4 N–H and O–H groups in total. The van der Waals surface area contributed by atoms with Crippen molar-refractivity contribution in [1.29, 1.82) is 0 Å². The Morgan fingerprint density at radius 1 is 1.17 bits per heavy atom. The third-order valence-corrected chi connectivity index (χ3v) is 2.20. The van der Waals surface area contributed by atoms with Crippen molar-refractivity contribution in [2.75, 3.05) is 7.05 Å². The second-order valence-electron chi connectivity index (χ2n) is 3.03. The fraction of sp³-hybridized carbons (Fsp3) is 1.00. The number of nitrogens with one attached hydrogen (secondary N) is 1. The lowest BCUT2D eigenvalue weighted by Gasteiger charge is -2.39. The van der Waals surface area contributed by atoms with Crippen molar-refractivity contribution in [2.24, 2.45) is 0 Å². The minimum absolute atomic E-state index is 0.316. The molecule has 1 saturated heterocycles. The van der Waals surface area contributed by atoms with E-state index < -0.39 is 18.5 Å². The van der Waals surface area contributed by atoms with Crippen LogP contribution in [-0.4, -0.2) is 53.0 Å². The van der Waals surface area contributed by atoms with Crippen molar-refractivity contribution in [1.82, 2.24) is 5.32 Å². The molecule has 5 heteroatoms. The van der Waals surface area contributed by atoms with E-state index >= 15 is 0 Å². The molecule has 1 heterocycles. The molecule has 1 aliphatic rings. The number of rotatable bonds is 1.